The molecule has 4 rings (SSSR count). The molecule has 2 aromatic carbocycles. The highest BCUT2D eigenvalue weighted by Crippen LogP contribution is 2.22. The van der Waals surface area contributed by atoms with Crippen LogP contribution in [-0.4, -0.2) is 22.4 Å². The van der Waals surface area contributed by atoms with E-state index in [1.807, 2.05) is 54.2 Å². The van der Waals surface area contributed by atoms with Gasteiger partial charge in [0.15, 0.2) is 0 Å². The molecule has 1 saturated heterocycles. The Morgan fingerprint density at radius 2 is 1.57 bits per heavy atom. The number of aromatic nitrogens is 1. The molecule has 0 spiro atoms. The average Bonchev–Trinajstić information content (AvgIpc) is 3.16. The lowest BCUT2D eigenvalue weighted by atomic mass is 10.1. The predicted octanol–water partition coefficient (Wildman–Crippen LogP) is 3.45. The van der Waals surface area contributed by atoms with Crippen LogP contribution >= 0.6 is 0 Å². The van der Waals surface area contributed by atoms with Gasteiger partial charge in [-0.25, -0.2) is 9.69 Å². The van der Waals surface area contributed by atoms with Crippen LogP contribution in [0.4, 0.5) is 10.5 Å². The SMILES string of the molecule is Cc1ccc(N2C(=O)NC(=O)/C(=C/c3ccn(-c4ccccc4)c3)C2=O)cc1. The van der Waals surface area contributed by atoms with E-state index in [1.54, 1.807) is 30.3 Å². The van der Waals surface area contributed by atoms with E-state index in [0.717, 1.165) is 16.2 Å². The van der Waals surface area contributed by atoms with E-state index in [4.69, 9.17) is 0 Å². The third kappa shape index (κ3) is 3.23. The number of benzene rings is 2. The van der Waals surface area contributed by atoms with Gasteiger partial charge in [-0.05, 0) is 48.9 Å². The second-order valence-electron chi connectivity index (χ2n) is 6.48. The molecule has 4 amide bonds. The molecule has 3 aromatic rings. The van der Waals surface area contributed by atoms with E-state index in [-0.39, 0.29) is 5.57 Å². The van der Waals surface area contributed by atoms with Crippen LogP contribution in [0.5, 0.6) is 0 Å². The number of amides is 4. The normalized spacial score (nSPS) is 15.8. The van der Waals surface area contributed by atoms with Crippen molar-refractivity contribution in [3.05, 3.63) is 89.8 Å². The fraction of sp³-hybridized carbons (Fsp3) is 0.0455. The number of rotatable bonds is 3. The van der Waals surface area contributed by atoms with E-state index in [0.29, 0.717) is 11.3 Å². The van der Waals surface area contributed by atoms with Gasteiger partial charge in [0.2, 0.25) is 0 Å². The Morgan fingerprint density at radius 1 is 0.857 bits per heavy atom. The zero-order chi connectivity index (χ0) is 19.7. The highest BCUT2D eigenvalue weighted by atomic mass is 16.2. The minimum atomic E-state index is -0.752. The lowest BCUT2D eigenvalue weighted by Crippen LogP contribution is -2.54. The van der Waals surface area contributed by atoms with Gasteiger partial charge in [-0.2, -0.15) is 0 Å². The smallest absolute Gasteiger partial charge is 0.323 e. The minimum absolute atomic E-state index is 0.0917. The van der Waals surface area contributed by atoms with Crippen LogP contribution in [0.2, 0.25) is 0 Å². The van der Waals surface area contributed by atoms with Crippen molar-refractivity contribution in [1.29, 1.82) is 0 Å². The zero-order valence-electron chi connectivity index (χ0n) is 15.1. The van der Waals surface area contributed by atoms with Crippen molar-refractivity contribution in [2.24, 2.45) is 0 Å². The van der Waals surface area contributed by atoms with Crippen LogP contribution in [0.25, 0.3) is 11.8 Å². The van der Waals surface area contributed by atoms with Gasteiger partial charge in [0, 0.05) is 18.1 Å². The molecule has 0 aliphatic carbocycles. The van der Waals surface area contributed by atoms with Gasteiger partial charge < -0.3 is 4.57 Å². The minimum Gasteiger partial charge on any atom is -0.323 e. The molecular weight excluding hydrogens is 354 g/mol. The summed E-state index contributed by atoms with van der Waals surface area (Å²) in [6.45, 7) is 1.91. The fourth-order valence-electron chi connectivity index (χ4n) is 3.01. The van der Waals surface area contributed by atoms with Crippen molar-refractivity contribution in [3.63, 3.8) is 0 Å². The van der Waals surface area contributed by atoms with Crippen molar-refractivity contribution in [1.82, 2.24) is 9.88 Å². The number of urea groups is 1. The van der Waals surface area contributed by atoms with Crippen LogP contribution in [0.3, 0.4) is 0 Å². The number of nitrogens with one attached hydrogen (secondary N) is 1. The Labute approximate surface area is 161 Å². The van der Waals surface area contributed by atoms with Gasteiger partial charge in [0.05, 0.1) is 5.69 Å². The number of carbonyl (C=O) groups is 3. The quantitative estimate of drug-likeness (QED) is 0.566. The highest BCUT2D eigenvalue weighted by Gasteiger charge is 2.36. The molecule has 1 aromatic heterocycles. The Bertz CT molecular complexity index is 1100. The third-order valence-corrected chi connectivity index (χ3v) is 4.47. The van der Waals surface area contributed by atoms with Crippen LogP contribution < -0.4 is 10.2 Å². The number of anilines is 1. The lowest BCUT2D eigenvalue weighted by molar-refractivity contribution is -0.122. The predicted molar refractivity (Wildman–Crippen MR) is 106 cm³/mol. The first-order valence-electron chi connectivity index (χ1n) is 8.74. The molecule has 0 bridgehead atoms. The van der Waals surface area contributed by atoms with Crippen LogP contribution in [0.15, 0.2) is 78.6 Å². The summed E-state index contributed by atoms with van der Waals surface area (Å²) in [4.78, 5) is 38.4. The number of barbiturate groups is 1. The Balaban J connectivity index is 1.67. The van der Waals surface area contributed by atoms with Crippen molar-refractivity contribution in [3.8, 4) is 5.69 Å². The molecule has 6 heteroatoms. The Morgan fingerprint density at radius 3 is 2.29 bits per heavy atom. The number of para-hydroxylation sites is 1. The maximum atomic E-state index is 12.9. The molecule has 1 fully saturated rings. The maximum Gasteiger partial charge on any atom is 0.335 e. The second-order valence-corrected chi connectivity index (χ2v) is 6.48. The van der Waals surface area contributed by atoms with Crippen molar-refractivity contribution < 1.29 is 14.4 Å². The van der Waals surface area contributed by atoms with Crippen LogP contribution in [0, 0.1) is 6.92 Å². The van der Waals surface area contributed by atoms with E-state index in [9.17, 15) is 14.4 Å². The fourth-order valence-corrected chi connectivity index (χ4v) is 3.01. The molecule has 28 heavy (non-hydrogen) atoms. The molecule has 1 aliphatic heterocycles. The molecule has 2 heterocycles. The highest BCUT2D eigenvalue weighted by molar-refractivity contribution is 6.39. The van der Waals surface area contributed by atoms with Crippen molar-refractivity contribution in [2.75, 3.05) is 4.90 Å². The monoisotopic (exact) mass is 371 g/mol. The summed E-state index contributed by atoms with van der Waals surface area (Å²) in [7, 11) is 0. The molecule has 1 aliphatic rings. The largest absolute Gasteiger partial charge is 0.335 e. The van der Waals surface area contributed by atoms with E-state index in [2.05, 4.69) is 5.32 Å². The van der Waals surface area contributed by atoms with E-state index >= 15 is 0 Å². The molecule has 0 atom stereocenters. The number of nitrogens with zero attached hydrogens (tertiary/aromatic N) is 2. The number of imide groups is 2. The third-order valence-electron chi connectivity index (χ3n) is 4.47. The van der Waals surface area contributed by atoms with Gasteiger partial charge in [-0.15, -0.1) is 0 Å². The number of hydrogen-bond acceptors (Lipinski definition) is 3. The lowest BCUT2D eigenvalue weighted by Gasteiger charge is -2.26. The van der Waals surface area contributed by atoms with Gasteiger partial charge in [-0.1, -0.05) is 35.9 Å². The first-order chi connectivity index (χ1) is 13.5. The van der Waals surface area contributed by atoms with Gasteiger partial charge >= 0.3 is 6.03 Å². The topological polar surface area (TPSA) is 71.4 Å². The van der Waals surface area contributed by atoms with Gasteiger partial charge in [-0.3, -0.25) is 14.9 Å². The molecule has 6 nitrogen and oxygen atoms in total. The number of aryl methyl sites for hydroxylation is 1. The maximum absolute atomic E-state index is 12.9. The van der Waals surface area contributed by atoms with Crippen molar-refractivity contribution in [2.45, 2.75) is 6.92 Å². The Kier molecular flexibility index (Phi) is 4.37. The van der Waals surface area contributed by atoms with Crippen molar-refractivity contribution >= 4 is 29.6 Å². The number of carbonyl (C=O) groups excluding carboxylic acids is 3. The van der Waals surface area contributed by atoms with Gasteiger partial charge in [0.1, 0.15) is 5.57 Å². The molecular formula is C22H17N3O3. The molecule has 0 unspecified atom stereocenters. The summed E-state index contributed by atoms with van der Waals surface area (Å²) in [6, 6.07) is 17.7. The van der Waals surface area contributed by atoms with Crippen LogP contribution in [0.1, 0.15) is 11.1 Å². The summed E-state index contributed by atoms with van der Waals surface area (Å²) in [5.41, 5.74) is 2.96. The summed E-state index contributed by atoms with van der Waals surface area (Å²) < 4.78 is 1.89. The first kappa shape index (κ1) is 17.5. The standard InChI is InChI=1S/C22H17N3O3/c1-15-7-9-18(10-8-15)25-21(27)19(20(26)23-22(25)28)13-16-11-12-24(14-16)17-5-3-2-4-6-17/h2-14H,1H3,(H,23,26,28)/b19-13-. The van der Waals surface area contributed by atoms with E-state index < -0.39 is 17.8 Å². The zero-order valence-corrected chi connectivity index (χ0v) is 15.1. The second kappa shape index (κ2) is 7.00. The van der Waals surface area contributed by atoms with E-state index in [1.165, 1.54) is 6.08 Å². The number of hydrogen-bond donors (Lipinski definition) is 1. The summed E-state index contributed by atoms with van der Waals surface area (Å²) in [6.07, 6.45) is 5.15. The molecule has 0 radical (unpaired) electrons. The average molecular weight is 371 g/mol. The summed E-state index contributed by atoms with van der Waals surface area (Å²) in [5.74, 6) is -1.35. The Hall–Kier alpha value is -3.93. The molecule has 138 valence electrons. The van der Waals surface area contributed by atoms with Crippen LogP contribution in [-0.2, 0) is 9.59 Å². The van der Waals surface area contributed by atoms with Gasteiger partial charge in [0.25, 0.3) is 11.8 Å². The summed E-state index contributed by atoms with van der Waals surface area (Å²) in [5, 5.41) is 2.23. The molecule has 0 saturated carbocycles. The first-order valence-corrected chi connectivity index (χ1v) is 8.74. The molecule has 1 N–H and O–H groups in total. The summed E-state index contributed by atoms with van der Waals surface area (Å²) >= 11 is 0.